The Bertz CT molecular complexity index is 341. The molecule has 1 heterocycles. The van der Waals surface area contributed by atoms with Crippen molar-refractivity contribution in [2.45, 2.75) is 70.8 Å². The highest BCUT2D eigenvalue weighted by atomic mass is 16.5. The Morgan fingerprint density at radius 3 is 2.61 bits per heavy atom. The molecule has 0 bridgehead atoms. The van der Waals surface area contributed by atoms with Crippen molar-refractivity contribution in [2.75, 3.05) is 6.54 Å². The van der Waals surface area contributed by atoms with Gasteiger partial charge in [0.25, 0.3) is 0 Å². The Kier molecular flexibility index (Phi) is 5.17. The van der Waals surface area contributed by atoms with Crippen molar-refractivity contribution in [1.29, 1.82) is 0 Å². The highest BCUT2D eigenvalue weighted by Crippen LogP contribution is 2.29. The molecule has 1 aromatic heterocycles. The fraction of sp³-hybridized carbons (Fsp3) is 0.857. The van der Waals surface area contributed by atoms with Gasteiger partial charge in [-0.1, -0.05) is 44.7 Å². The monoisotopic (exact) mass is 251 g/mol. The van der Waals surface area contributed by atoms with Gasteiger partial charge in [0.2, 0.25) is 5.89 Å². The van der Waals surface area contributed by atoms with E-state index >= 15 is 0 Å². The van der Waals surface area contributed by atoms with Crippen molar-refractivity contribution in [1.82, 2.24) is 15.5 Å². The van der Waals surface area contributed by atoms with Gasteiger partial charge in [0.15, 0.2) is 5.82 Å². The van der Waals surface area contributed by atoms with E-state index < -0.39 is 0 Å². The molecule has 0 aliphatic heterocycles. The van der Waals surface area contributed by atoms with E-state index in [1.54, 1.807) is 0 Å². The zero-order valence-electron chi connectivity index (χ0n) is 11.6. The Morgan fingerprint density at radius 1 is 1.22 bits per heavy atom. The van der Waals surface area contributed by atoms with Crippen molar-refractivity contribution >= 4 is 0 Å². The van der Waals surface area contributed by atoms with Crippen LogP contribution in [-0.2, 0) is 6.42 Å². The molecule has 18 heavy (non-hydrogen) atoms. The predicted molar refractivity (Wildman–Crippen MR) is 71.6 cm³/mol. The summed E-state index contributed by atoms with van der Waals surface area (Å²) in [6.07, 6.45) is 8.62. The fourth-order valence-electron chi connectivity index (χ4n) is 2.54. The lowest BCUT2D eigenvalue weighted by Gasteiger charge is -2.07. The Labute approximate surface area is 110 Å². The van der Waals surface area contributed by atoms with E-state index in [9.17, 15) is 0 Å². The third-order valence-electron chi connectivity index (χ3n) is 3.60. The second-order valence-corrected chi connectivity index (χ2v) is 5.59. The van der Waals surface area contributed by atoms with Gasteiger partial charge in [-0.05, 0) is 12.8 Å². The van der Waals surface area contributed by atoms with E-state index in [1.165, 1.54) is 38.5 Å². The summed E-state index contributed by atoms with van der Waals surface area (Å²) in [6, 6.07) is 0.509. The van der Waals surface area contributed by atoms with Gasteiger partial charge in [0.05, 0.1) is 0 Å². The van der Waals surface area contributed by atoms with Crippen LogP contribution in [0.5, 0.6) is 0 Å². The minimum Gasteiger partial charge on any atom is -0.339 e. The summed E-state index contributed by atoms with van der Waals surface area (Å²) < 4.78 is 5.34. The summed E-state index contributed by atoms with van der Waals surface area (Å²) in [5.74, 6) is 2.25. The molecule has 4 nitrogen and oxygen atoms in total. The third-order valence-corrected chi connectivity index (χ3v) is 3.60. The quantitative estimate of drug-likeness (QED) is 0.817. The van der Waals surface area contributed by atoms with Gasteiger partial charge < -0.3 is 9.84 Å². The molecule has 1 fully saturated rings. The molecule has 0 amide bonds. The average Bonchev–Trinajstić information content (AvgIpc) is 2.63. The smallest absolute Gasteiger partial charge is 0.227 e. The van der Waals surface area contributed by atoms with Crippen LogP contribution >= 0.6 is 0 Å². The van der Waals surface area contributed by atoms with Crippen LogP contribution in [0.25, 0.3) is 0 Å². The van der Waals surface area contributed by atoms with E-state index in [0.29, 0.717) is 12.0 Å². The first kappa shape index (κ1) is 13.5. The summed E-state index contributed by atoms with van der Waals surface area (Å²) >= 11 is 0. The second-order valence-electron chi connectivity index (χ2n) is 5.59. The molecule has 0 atom stereocenters. The van der Waals surface area contributed by atoms with Crippen LogP contribution in [0, 0.1) is 0 Å². The van der Waals surface area contributed by atoms with Gasteiger partial charge in [-0.3, -0.25) is 0 Å². The first-order valence-electron chi connectivity index (χ1n) is 7.31. The molecular weight excluding hydrogens is 226 g/mol. The zero-order valence-corrected chi connectivity index (χ0v) is 11.6. The van der Waals surface area contributed by atoms with Crippen molar-refractivity contribution in [3.8, 4) is 0 Å². The maximum absolute atomic E-state index is 5.34. The molecule has 4 heteroatoms. The summed E-state index contributed by atoms with van der Waals surface area (Å²) in [4.78, 5) is 4.55. The number of rotatable bonds is 5. The van der Waals surface area contributed by atoms with Crippen LogP contribution in [0.4, 0.5) is 0 Å². The molecule has 1 N–H and O–H groups in total. The van der Waals surface area contributed by atoms with Gasteiger partial charge in [-0.25, -0.2) is 0 Å². The lowest BCUT2D eigenvalue weighted by atomic mass is 10.00. The molecular formula is C14H25N3O. The van der Waals surface area contributed by atoms with Crippen molar-refractivity contribution in [3.63, 3.8) is 0 Å². The molecule has 1 aliphatic rings. The lowest BCUT2D eigenvalue weighted by Crippen LogP contribution is -2.25. The maximum Gasteiger partial charge on any atom is 0.227 e. The van der Waals surface area contributed by atoms with Crippen LogP contribution in [-0.4, -0.2) is 22.7 Å². The minimum atomic E-state index is 0.509. The fourth-order valence-corrected chi connectivity index (χ4v) is 2.54. The van der Waals surface area contributed by atoms with Gasteiger partial charge >= 0.3 is 0 Å². The standard InChI is InChI=1S/C14H25N3O/c1-11(2)15-10-9-13-16-14(17-18-13)12-7-5-3-4-6-8-12/h11-12,15H,3-10H2,1-2H3. The molecule has 2 rings (SSSR count). The van der Waals surface area contributed by atoms with Gasteiger partial charge in [0, 0.05) is 24.9 Å². The molecule has 0 spiro atoms. The largest absolute Gasteiger partial charge is 0.339 e. The predicted octanol–water partition coefficient (Wildman–Crippen LogP) is 3.05. The van der Waals surface area contributed by atoms with E-state index in [4.69, 9.17) is 4.52 Å². The number of hydrogen-bond acceptors (Lipinski definition) is 4. The molecule has 1 aromatic rings. The molecule has 1 aliphatic carbocycles. The zero-order chi connectivity index (χ0) is 12.8. The number of nitrogens with one attached hydrogen (secondary N) is 1. The molecule has 102 valence electrons. The van der Waals surface area contributed by atoms with Gasteiger partial charge in [-0.15, -0.1) is 0 Å². The summed E-state index contributed by atoms with van der Waals surface area (Å²) in [6.45, 7) is 5.19. The molecule has 0 unspecified atom stereocenters. The maximum atomic E-state index is 5.34. The Balaban J connectivity index is 1.84. The van der Waals surface area contributed by atoms with E-state index in [0.717, 1.165) is 24.7 Å². The van der Waals surface area contributed by atoms with Crippen LogP contribution in [0.15, 0.2) is 4.52 Å². The molecule has 0 aromatic carbocycles. The summed E-state index contributed by atoms with van der Waals surface area (Å²) in [5, 5.41) is 7.53. The molecule has 1 saturated carbocycles. The molecule has 0 radical (unpaired) electrons. The normalized spacial score (nSPS) is 18.2. The first-order valence-corrected chi connectivity index (χ1v) is 7.31. The van der Waals surface area contributed by atoms with Crippen molar-refractivity contribution < 1.29 is 4.52 Å². The topological polar surface area (TPSA) is 51.0 Å². The second kappa shape index (κ2) is 6.88. The number of nitrogens with zero attached hydrogens (tertiary/aromatic N) is 2. The molecule has 0 saturated heterocycles. The first-order chi connectivity index (χ1) is 8.75. The number of hydrogen-bond donors (Lipinski definition) is 1. The highest BCUT2D eigenvalue weighted by molar-refractivity contribution is 4.96. The third kappa shape index (κ3) is 4.09. The lowest BCUT2D eigenvalue weighted by molar-refractivity contribution is 0.363. The van der Waals surface area contributed by atoms with E-state index in [2.05, 4.69) is 29.3 Å². The number of aromatic nitrogens is 2. The van der Waals surface area contributed by atoms with Crippen LogP contribution < -0.4 is 5.32 Å². The Morgan fingerprint density at radius 2 is 1.94 bits per heavy atom. The van der Waals surface area contributed by atoms with Crippen LogP contribution in [0.1, 0.15) is 70.0 Å². The minimum absolute atomic E-state index is 0.509. The summed E-state index contributed by atoms with van der Waals surface area (Å²) in [5.41, 5.74) is 0. The van der Waals surface area contributed by atoms with Crippen molar-refractivity contribution in [3.05, 3.63) is 11.7 Å². The van der Waals surface area contributed by atoms with Crippen LogP contribution in [0.3, 0.4) is 0 Å². The SMILES string of the molecule is CC(C)NCCc1nc(C2CCCCCC2)no1. The van der Waals surface area contributed by atoms with Gasteiger partial charge in [-0.2, -0.15) is 4.98 Å². The van der Waals surface area contributed by atoms with E-state index in [-0.39, 0.29) is 0 Å². The van der Waals surface area contributed by atoms with Crippen molar-refractivity contribution in [2.24, 2.45) is 0 Å². The highest BCUT2D eigenvalue weighted by Gasteiger charge is 2.19. The Hall–Kier alpha value is -0.900. The van der Waals surface area contributed by atoms with Crippen LogP contribution in [0.2, 0.25) is 0 Å². The average molecular weight is 251 g/mol. The summed E-state index contributed by atoms with van der Waals surface area (Å²) in [7, 11) is 0. The van der Waals surface area contributed by atoms with Gasteiger partial charge in [0.1, 0.15) is 0 Å². The van der Waals surface area contributed by atoms with E-state index in [1.807, 2.05) is 0 Å².